The molecule has 0 saturated carbocycles. The van der Waals surface area contributed by atoms with Gasteiger partial charge in [0.2, 0.25) is 0 Å². The molecular formula is C32H31FN2O4. The fourth-order valence-electron chi connectivity index (χ4n) is 5.37. The molecule has 1 aliphatic rings. The van der Waals surface area contributed by atoms with E-state index in [1.807, 2.05) is 58.0 Å². The van der Waals surface area contributed by atoms with Crippen LogP contribution in [0, 0.1) is 12.7 Å². The van der Waals surface area contributed by atoms with Crippen LogP contribution >= 0.6 is 0 Å². The molecule has 0 spiro atoms. The number of nitrogens with zero attached hydrogens (tertiary/aromatic N) is 1. The number of halogens is 1. The van der Waals surface area contributed by atoms with Crippen molar-refractivity contribution in [2.75, 3.05) is 6.61 Å². The fraction of sp³-hybridized carbons (Fsp3) is 0.250. The van der Waals surface area contributed by atoms with Crippen LogP contribution in [0.2, 0.25) is 0 Å². The van der Waals surface area contributed by atoms with E-state index in [0.29, 0.717) is 23.5 Å². The Labute approximate surface area is 226 Å². The molecule has 2 N–H and O–H groups in total. The zero-order chi connectivity index (χ0) is 27.8. The summed E-state index contributed by atoms with van der Waals surface area (Å²) in [7, 11) is 0. The number of aliphatic hydroxyl groups is 1. The van der Waals surface area contributed by atoms with E-state index in [1.165, 1.54) is 17.0 Å². The highest BCUT2D eigenvalue weighted by Crippen LogP contribution is 2.44. The minimum absolute atomic E-state index is 0.0221. The average molecular weight is 527 g/mol. The number of ketones is 1. The Morgan fingerprint density at radius 2 is 1.79 bits per heavy atom. The monoisotopic (exact) mass is 526 g/mol. The lowest BCUT2D eigenvalue weighted by Gasteiger charge is -2.26. The number of para-hydroxylation sites is 1. The number of carbonyl (C=O) groups excluding carboxylic acids is 2. The summed E-state index contributed by atoms with van der Waals surface area (Å²) in [5, 5.41) is 12.5. The maximum absolute atomic E-state index is 13.6. The summed E-state index contributed by atoms with van der Waals surface area (Å²) in [4.78, 5) is 31.9. The Morgan fingerprint density at radius 1 is 1.08 bits per heavy atom. The largest absolute Gasteiger partial charge is 0.507 e. The molecule has 3 aromatic carbocycles. The van der Waals surface area contributed by atoms with Gasteiger partial charge in [-0.2, -0.15) is 0 Å². The topological polar surface area (TPSA) is 82.6 Å². The maximum Gasteiger partial charge on any atom is 0.295 e. The molecule has 39 heavy (non-hydrogen) atoms. The normalized spacial score (nSPS) is 17.0. The van der Waals surface area contributed by atoms with Gasteiger partial charge in [-0.05, 0) is 67.3 Å². The first-order valence-corrected chi connectivity index (χ1v) is 13.1. The molecule has 6 nitrogen and oxygen atoms in total. The van der Waals surface area contributed by atoms with Crippen molar-refractivity contribution in [3.8, 4) is 5.75 Å². The second kappa shape index (κ2) is 10.4. The number of Topliss-reactive ketones (excluding diaryl/α,β-unsaturated/α-hetero) is 1. The summed E-state index contributed by atoms with van der Waals surface area (Å²) in [6.07, 6.45) is 0. The van der Waals surface area contributed by atoms with Crippen LogP contribution in [0.3, 0.4) is 0 Å². The van der Waals surface area contributed by atoms with Crippen LogP contribution in [0.15, 0.2) is 72.3 Å². The van der Waals surface area contributed by atoms with E-state index in [4.69, 9.17) is 4.74 Å². The summed E-state index contributed by atoms with van der Waals surface area (Å²) >= 11 is 0. The summed E-state index contributed by atoms with van der Waals surface area (Å²) in [5.74, 6) is -1.29. The van der Waals surface area contributed by atoms with E-state index in [0.717, 1.165) is 27.7 Å². The van der Waals surface area contributed by atoms with Gasteiger partial charge in [0.1, 0.15) is 17.3 Å². The number of ether oxygens (including phenoxy) is 1. The highest BCUT2D eigenvalue weighted by molar-refractivity contribution is 6.46. The second-order valence-electron chi connectivity index (χ2n) is 10.1. The summed E-state index contributed by atoms with van der Waals surface area (Å²) in [5.41, 5.74) is 4.40. The van der Waals surface area contributed by atoms with Crippen molar-refractivity contribution < 1.29 is 23.8 Å². The van der Waals surface area contributed by atoms with Crippen LogP contribution in [0.4, 0.5) is 4.39 Å². The number of likely N-dealkylation sites (tertiary alicyclic amines) is 1. The van der Waals surface area contributed by atoms with Gasteiger partial charge in [-0.3, -0.25) is 9.59 Å². The smallest absolute Gasteiger partial charge is 0.295 e. The number of hydrogen-bond donors (Lipinski definition) is 2. The number of aromatic nitrogens is 1. The third kappa shape index (κ3) is 4.69. The number of aromatic amines is 1. The number of amides is 1. The summed E-state index contributed by atoms with van der Waals surface area (Å²) in [6, 6.07) is 18.0. The van der Waals surface area contributed by atoms with Crippen molar-refractivity contribution in [2.45, 2.75) is 46.2 Å². The van der Waals surface area contributed by atoms with E-state index in [1.54, 1.807) is 24.3 Å². The standard InChI is InChI=1S/C32H31FN2O4/c1-5-39-26-15-12-21(16-24(26)18(2)3)30(36)28-29(27-19(4)34-25-9-7-6-8-23(25)27)35(32(38)31(28)37)17-20-10-13-22(33)14-11-20/h6-16,18,29,34,36H,5,17H2,1-4H3/b30-28+. The van der Waals surface area contributed by atoms with Crippen LogP contribution in [-0.4, -0.2) is 33.3 Å². The molecule has 1 atom stereocenters. The Hall–Kier alpha value is -4.39. The van der Waals surface area contributed by atoms with Gasteiger partial charge >= 0.3 is 0 Å². The minimum Gasteiger partial charge on any atom is -0.507 e. The van der Waals surface area contributed by atoms with E-state index < -0.39 is 17.7 Å². The molecule has 200 valence electrons. The van der Waals surface area contributed by atoms with Crippen molar-refractivity contribution in [1.82, 2.24) is 9.88 Å². The van der Waals surface area contributed by atoms with Gasteiger partial charge in [0.15, 0.2) is 0 Å². The number of fused-ring (bicyclic) bond motifs is 1. The van der Waals surface area contributed by atoms with Gasteiger partial charge in [0.05, 0.1) is 18.2 Å². The van der Waals surface area contributed by atoms with Crippen LogP contribution in [0.5, 0.6) is 5.75 Å². The van der Waals surface area contributed by atoms with Gasteiger partial charge in [0, 0.05) is 34.3 Å². The Bertz CT molecular complexity index is 1600. The molecule has 0 radical (unpaired) electrons. The van der Waals surface area contributed by atoms with Gasteiger partial charge in [-0.25, -0.2) is 4.39 Å². The third-order valence-electron chi connectivity index (χ3n) is 7.23. The first-order valence-electron chi connectivity index (χ1n) is 13.1. The van der Waals surface area contributed by atoms with Gasteiger partial charge < -0.3 is 19.7 Å². The SMILES string of the molecule is CCOc1ccc(/C(O)=C2\C(=O)C(=O)N(Cc3ccc(F)cc3)C2c2c(C)[nH]c3ccccc23)cc1C(C)C. The molecule has 1 aromatic heterocycles. The molecule has 0 bridgehead atoms. The molecule has 1 saturated heterocycles. The molecule has 1 fully saturated rings. The van der Waals surface area contributed by atoms with Crippen LogP contribution in [0.25, 0.3) is 16.7 Å². The predicted octanol–water partition coefficient (Wildman–Crippen LogP) is 6.76. The zero-order valence-electron chi connectivity index (χ0n) is 22.4. The number of aliphatic hydroxyl groups excluding tert-OH is 1. The highest BCUT2D eigenvalue weighted by Gasteiger charge is 2.47. The van der Waals surface area contributed by atoms with Gasteiger partial charge in [0.25, 0.3) is 11.7 Å². The third-order valence-corrected chi connectivity index (χ3v) is 7.23. The van der Waals surface area contributed by atoms with E-state index >= 15 is 0 Å². The Kier molecular flexibility index (Phi) is 7.00. The molecule has 0 aliphatic carbocycles. The molecule has 4 aromatic rings. The molecular weight excluding hydrogens is 495 g/mol. The fourth-order valence-corrected chi connectivity index (χ4v) is 5.37. The zero-order valence-corrected chi connectivity index (χ0v) is 22.4. The molecule has 1 aliphatic heterocycles. The lowest BCUT2D eigenvalue weighted by Crippen LogP contribution is -2.29. The molecule has 2 heterocycles. The second-order valence-corrected chi connectivity index (χ2v) is 10.1. The maximum atomic E-state index is 13.6. The number of aryl methyl sites for hydroxylation is 1. The summed E-state index contributed by atoms with van der Waals surface area (Å²) < 4.78 is 19.4. The quantitative estimate of drug-likeness (QED) is 0.158. The lowest BCUT2D eigenvalue weighted by atomic mass is 9.91. The number of rotatable bonds is 7. The van der Waals surface area contributed by atoms with Crippen LogP contribution < -0.4 is 4.74 Å². The van der Waals surface area contributed by atoms with E-state index in [2.05, 4.69) is 4.98 Å². The van der Waals surface area contributed by atoms with E-state index in [-0.39, 0.29) is 29.6 Å². The number of nitrogens with one attached hydrogen (secondary N) is 1. The van der Waals surface area contributed by atoms with Crippen molar-refractivity contribution in [3.63, 3.8) is 0 Å². The number of benzene rings is 3. The average Bonchev–Trinajstić information content (AvgIpc) is 3.37. The van der Waals surface area contributed by atoms with Crippen molar-refractivity contribution in [3.05, 3.63) is 106 Å². The first kappa shape index (κ1) is 26.2. The van der Waals surface area contributed by atoms with Gasteiger partial charge in [-0.1, -0.05) is 44.2 Å². The minimum atomic E-state index is -0.847. The molecule has 1 unspecified atom stereocenters. The van der Waals surface area contributed by atoms with E-state index in [9.17, 15) is 19.1 Å². The Balaban J connectivity index is 1.72. The molecule has 7 heteroatoms. The van der Waals surface area contributed by atoms with Crippen molar-refractivity contribution in [2.24, 2.45) is 0 Å². The Morgan fingerprint density at radius 3 is 2.49 bits per heavy atom. The molecule has 1 amide bonds. The number of hydrogen-bond acceptors (Lipinski definition) is 4. The molecule has 5 rings (SSSR count). The van der Waals surface area contributed by atoms with Gasteiger partial charge in [-0.15, -0.1) is 0 Å². The first-order chi connectivity index (χ1) is 18.7. The number of carbonyl (C=O) groups is 2. The van der Waals surface area contributed by atoms with Crippen molar-refractivity contribution >= 4 is 28.4 Å². The number of H-pyrrole nitrogens is 1. The lowest BCUT2D eigenvalue weighted by molar-refractivity contribution is -0.140. The van der Waals surface area contributed by atoms with Crippen LogP contribution in [0.1, 0.15) is 60.7 Å². The summed E-state index contributed by atoms with van der Waals surface area (Å²) in [6.45, 7) is 8.42. The predicted molar refractivity (Wildman–Crippen MR) is 149 cm³/mol. The highest BCUT2D eigenvalue weighted by atomic mass is 19.1. The van der Waals surface area contributed by atoms with Crippen molar-refractivity contribution in [1.29, 1.82) is 0 Å². The van der Waals surface area contributed by atoms with Crippen LogP contribution in [-0.2, 0) is 16.1 Å².